The fourth-order valence-electron chi connectivity index (χ4n) is 4.69. The van der Waals surface area contributed by atoms with Gasteiger partial charge in [-0.25, -0.2) is 0 Å². The van der Waals surface area contributed by atoms with E-state index >= 15 is 0 Å². The van der Waals surface area contributed by atoms with Crippen LogP contribution in [0.3, 0.4) is 0 Å². The summed E-state index contributed by atoms with van der Waals surface area (Å²) in [5.41, 5.74) is 3.89. The highest BCUT2D eigenvalue weighted by Crippen LogP contribution is 2.27. The van der Waals surface area contributed by atoms with Gasteiger partial charge in [-0.15, -0.1) is 0 Å². The first-order chi connectivity index (χ1) is 19.6. The Labute approximate surface area is 236 Å². The highest BCUT2D eigenvalue weighted by molar-refractivity contribution is 5.88. The van der Waals surface area contributed by atoms with Gasteiger partial charge in [-0.3, -0.25) is 9.59 Å². The Kier molecular flexibility index (Phi) is 10.3. The topological polar surface area (TPSA) is 67.9 Å². The maximum Gasteiger partial charge on any atom is 0.243 e. The Morgan fingerprint density at radius 1 is 0.700 bits per heavy atom. The van der Waals surface area contributed by atoms with Gasteiger partial charge in [0.2, 0.25) is 11.8 Å². The largest absolute Gasteiger partial charge is 0.493 e. The number of carbonyl (C=O) groups is 2. The van der Waals surface area contributed by atoms with E-state index in [1.165, 1.54) is 0 Å². The molecule has 4 rings (SSSR count). The van der Waals surface area contributed by atoms with Gasteiger partial charge in [0.15, 0.2) is 11.5 Å². The first-order valence-electron chi connectivity index (χ1n) is 13.5. The minimum atomic E-state index is -0.677. The van der Waals surface area contributed by atoms with Crippen LogP contribution >= 0.6 is 0 Å². The van der Waals surface area contributed by atoms with Gasteiger partial charge in [-0.2, -0.15) is 0 Å². The molecule has 0 radical (unpaired) electrons. The molecule has 0 aliphatic heterocycles. The number of amides is 2. The molecule has 0 aromatic heterocycles. The summed E-state index contributed by atoms with van der Waals surface area (Å²) >= 11 is 0. The minimum absolute atomic E-state index is 0.0916. The molecule has 6 heteroatoms. The van der Waals surface area contributed by atoms with Crippen LogP contribution in [0.15, 0.2) is 109 Å². The van der Waals surface area contributed by atoms with Crippen molar-refractivity contribution in [2.75, 3.05) is 20.8 Å². The van der Waals surface area contributed by atoms with E-state index in [9.17, 15) is 9.59 Å². The number of nitrogens with one attached hydrogen (secondary N) is 1. The van der Waals surface area contributed by atoms with Crippen molar-refractivity contribution >= 4 is 11.8 Å². The third-order valence-electron chi connectivity index (χ3n) is 6.83. The van der Waals surface area contributed by atoms with E-state index in [-0.39, 0.29) is 18.2 Å². The zero-order chi connectivity index (χ0) is 28.2. The summed E-state index contributed by atoms with van der Waals surface area (Å²) in [6, 6.07) is 34.4. The monoisotopic (exact) mass is 536 g/mol. The number of methoxy groups -OCH3 is 2. The van der Waals surface area contributed by atoms with Crippen LogP contribution in [-0.4, -0.2) is 43.5 Å². The highest BCUT2D eigenvalue weighted by Gasteiger charge is 2.30. The second-order valence-electron chi connectivity index (χ2n) is 9.61. The van der Waals surface area contributed by atoms with E-state index < -0.39 is 6.04 Å². The van der Waals surface area contributed by atoms with Crippen LogP contribution in [0.25, 0.3) is 0 Å². The number of ether oxygens (including phenoxy) is 2. The summed E-state index contributed by atoms with van der Waals surface area (Å²) in [6.45, 7) is 0.763. The van der Waals surface area contributed by atoms with Gasteiger partial charge >= 0.3 is 0 Å². The molecule has 2 amide bonds. The van der Waals surface area contributed by atoms with Crippen molar-refractivity contribution in [3.63, 3.8) is 0 Å². The van der Waals surface area contributed by atoms with Crippen molar-refractivity contribution in [1.29, 1.82) is 0 Å². The molecule has 0 fully saturated rings. The van der Waals surface area contributed by atoms with E-state index in [4.69, 9.17) is 9.47 Å². The van der Waals surface area contributed by atoms with E-state index in [0.29, 0.717) is 37.4 Å². The fraction of sp³-hybridized carbons (Fsp3) is 0.235. The normalized spacial score (nSPS) is 11.3. The summed E-state index contributed by atoms with van der Waals surface area (Å²) < 4.78 is 10.7. The van der Waals surface area contributed by atoms with Gasteiger partial charge in [0.1, 0.15) is 6.04 Å². The average molecular weight is 537 g/mol. The molecule has 0 saturated carbocycles. The number of benzene rings is 4. The number of hydrogen-bond acceptors (Lipinski definition) is 4. The van der Waals surface area contributed by atoms with Crippen LogP contribution in [0.4, 0.5) is 0 Å². The average Bonchev–Trinajstić information content (AvgIpc) is 3.00. The molecule has 4 aromatic carbocycles. The fourth-order valence-corrected chi connectivity index (χ4v) is 4.69. The van der Waals surface area contributed by atoms with Crippen LogP contribution in [0.5, 0.6) is 11.5 Å². The predicted octanol–water partition coefficient (Wildman–Crippen LogP) is 5.25. The second-order valence-corrected chi connectivity index (χ2v) is 9.61. The van der Waals surface area contributed by atoms with Crippen molar-refractivity contribution in [2.45, 2.75) is 31.8 Å². The van der Waals surface area contributed by atoms with Crippen LogP contribution < -0.4 is 14.8 Å². The summed E-state index contributed by atoms with van der Waals surface area (Å²) in [7, 11) is 3.20. The van der Waals surface area contributed by atoms with Crippen molar-refractivity contribution in [3.05, 3.63) is 131 Å². The molecule has 6 nitrogen and oxygen atoms in total. The quantitative estimate of drug-likeness (QED) is 0.254. The molecule has 4 aromatic rings. The van der Waals surface area contributed by atoms with Crippen molar-refractivity contribution < 1.29 is 19.1 Å². The molecule has 1 atom stereocenters. The van der Waals surface area contributed by atoms with Gasteiger partial charge in [0.05, 0.1) is 20.6 Å². The molecule has 0 heterocycles. The zero-order valence-corrected chi connectivity index (χ0v) is 23.1. The molecule has 0 aliphatic carbocycles. The highest BCUT2D eigenvalue weighted by atomic mass is 16.5. The lowest BCUT2D eigenvalue weighted by molar-refractivity contribution is -0.140. The molecule has 1 N–H and O–H groups in total. The third-order valence-corrected chi connectivity index (χ3v) is 6.83. The lowest BCUT2D eigenvalue weighted by Crippen LogP contribution is -2.51. The van der Waals surface area contributed by atoms with Gasteiger partial charge < -0.3 is 19.7 Å². The molecule has 0 aliphatic rings. The Hall–Kier alpha value is -4.58. The summed E-state index contributed by atoms with van der Waals surface area (Å²) in [4.78, 5) is 29.3. The Morgan fingerprint density at radius 3 is 1.88 bits per heavy atom. The van der Waals surface area contributed by atoms with Crippen LogP contribution in [-0.2, 0) is 35.4 Å². The van der Waals surface area contributed by atoms with E-state index in [1.54, 1.807) is 19.1 Å². The van der Waals surface area contributed by atoms with E-state index in [1.807, 2.05) is 109 Å². The summed E-state index contributed by atoms with van der Waals surface area (Å²) in [6.07, 6.45) is 1.25. The Bertz CT molecular complexity index is 1360. The summed E-state index contributed by atoms with van der Waals surface area (Å²) in [5.74, 6) is 1.04. The molecular weight excluding hydrogens is 500 g/mol. The van der Waals surface area contributed by atoms with Gasteiger partial charge in [0, 0.05) is 19.5 Å². The number of carbonyl (C=O) groups excluding carboxylic acids is 2. The SMILES string of the molecule is COc1ccc(CCNC(=O)[C@H](Cc2ccccc2)N(Cc2ccccc2)C(=O)Cc2ccccc2)cc1OC. The zero-order valence-electron chi connectivity index (χ0n) is 23.1. The van der Waals surface area contributed by atoms with Gasteiger partial charge in [-0.05, 0) is 40.8 Å². The van der Waals surface area contributed by atoms with Crippen LogP contribution in [0, 0.1) is 0 Å². The molecule has 0 unspecified atom stereocenters. The predicted molar refractivity (Wildman–Crippen MR) is 157 cm³/mol. The molecule has 0 bridgehead atoms. The van der Waals surface area contributed by atoms with Crippen LogP contribution in [0.2, 0.25) is 0 Å². The van der Waals surface area contributed by atoms with Crippen molar-refractivity contribution in [3.8, 4) is 11.5 Å². The number of nitrogens with zero attached hydrogens (tertiary/aromatic N) is 1. The van der Waals surface area contributed by atoms with Crippen LogP contribution in [0.1, 0.15) is 22.3 Å². The molecule has 0 spiro atoms. The van der Waals surface area contributed by atoms with Gasteiger partial charge in [0.25, 0.3) is 0 Å². The molecule has 40 heavy (non-hydrogen) atoms. The first-order valence-corrected chi connectivity index (χ1v) is 13.5. The maximum atomic E-state index is 13.8. The lowest BCUT2D eigenvalue weighted by atomic mass is 10.0. The summed E-state index contributed by atoms with van der Waals surface area (Å²) in [5, 5.41) is 3.10. The lowest BCUT2D eigenvalue weighted by Gasteiger charge is -2.31. The Balaban J connectivity index is 1.56. The number of hydrogen-bond donors (Lipinski definition) is 1. The van der Waals surface area contributed by atoms with E-state index in [0.717, 1.165) is 22.3 Å². The Morgan fingerprint density at radius 2 is 1.27 bits per heavy atom. The molecule has 206 valence electrons. The smallest absolute Gasteiger partial charge is 0.243 e. The number of rotatable bonds is 13. The third kappa shape index (κ3) is 7.96. The van der Waals surface area contributed by atoms with Gasteiger partial charge in [-0.1, -0.05) is 97.1 Å². The molecular formula is C34H36N2O4. The van der Waals surface area contributed by atoms with Crippen molar-refractivity contribution in [2.24, 2.45) is 0 Å². The standard InChI is InChI=1S/C34H36N2O4/c1-39-31-19-18-28(23-32(31)40-2)20-21-35-34(38)30(22-26-12-6-3-7-13-26)36(25-29-16-10-5-11-17-29)33(37)24-27-14-8-4-9-15-27/h3-19,23,30H,20-22,24-25H2,1-2H3,(H,35,38)/t30-/m0/s1. The van der Waals surface area contributed by atoms with E-state index in [2.05, 4.69) is 5.32 Å². The second kappa shape index (κ2) is 14.5. The molecule has 0 saturated heterocycles. The van der Waals surface area contributed by atoms with Crippen molar-refractivity contribution in [1.82, 2.24) is 10.2 Å². The maximum absolute atomic E-state index is 13.8. The first kappa shape index (κ1) is 28.4. The minimum Gasteiger partial charge on any atom is -0.493 e.